The van der Waals surface area contributed by atoms with Gasteiger partial charge in [0.05, 0.1) is 10.3 Å². The lowest BCUT2D eigenvalue weighted by atomic mass is 9.49. The van der Waals surface area contributed by atoms with Crippen molar-refractivity contribution >= 4 is 15.9 Å². The maximum absolute atomic E-state index is 12.9. The summed E-state index contributed by atoms with van der Waals surface area (Å²) in [6.45, 7) is 0. The van der Waals surface area contributed by atoms with Crippen LogP contribution in [0.1, 0.15) is 56.1 Å². The Bertz CT molecular complexity index is 827. The Labute approximate surface area is 155 Å². The van der Waals surface area contributed by atoms with Crippen molar-refractivity contribution in [3.8, 4) is 0 Å². The molecule has 4 bridgehead atoms. The molecular weight excluding hydrogens is 348 g/mol. The second-order valence-electron chi connectivity index (χ2n) is 9.04. The smallest absolute Gasteiger partial charge is 0.257 e. The van der Waals surface area contributed by atoms with Crippen LogP contribution in [0.15, 0.2) is 23.1 Å². The van der Waals surface area contributed by atoms with Gasteiger partial charge in [-0.05, 0) is 98.8 Å². The number of hydrogen-bond acceptors (Lipinski definition) is 3. The summed E-state index contributed by atoms with van der Waals surface area (Å²) in [5.41, 5.74) is 4.57. The number of carbonyl (C=O) groups excluding carboxylic acids is 1. The molecule has 4 fully saturated rings. The van der Waals surface area contributed by atoms with Crippen molar-refractivity contribution in [2.45, 2.75) is 62.7 Å². The molecule has 0 saturated heterocycles. The van der Waals surface area contributed by atoms with Crippen LogP contribution in [0.25, 0.3) is 0 Å². The average molecular weight is 375 g/mol. The van der Waals surface area contributed by atoms with Crippen LogP contribution >= 0.6 is 0 Å². The van der Waals surface area contributed by atoms with E-state index < -0.39 is 10.0 Å². The molecular formula is C20H26N2O3S. The van der Waals surface area contributed by atoms with Gasteiger partial charge in [0.2, 0.25) is 5.91 Å². The molecule has 5 nitrogen and oxygen atoms in total. The van der Waals surface area contributed by atoms with E-state index in [1.54, 1.807) is 12.1 Å². The Kier molecular flexibility index (Phi) is 3.73. The molecule has 0 unspecified atom stereocenters. The van der Waals surface area contributed by atoms with Crippen molar-refractivity contribution in [2.75, 3.05) is 0 Å². The minimum absolute atomic E-state index is 0.124. The highest BCUT2D eigenvalue weighted by Crippen LogP contribution is 2.60. The van der Waals surface area contributed by atoms with Gasteiger partial charge in [0.1, 0.15) is 0 Å². The van der Waals surface area contributed by atoms with Crippen LogP contribution in [0, 0.1) is 23.2 Å². The van der Waals surface area contributed by atoms with E-state index in [0.717, 1.165) is 44.1 Å². The fourth-order valence-corrected chi connectivity index (χ4v) is 7.30. The van der Waals surface area contributed by atoms with Gasteiger partial charge in [0, 0.05) is 0 Å². The van der Waals surface area contributed by atoms with Gasteiger partial charge in [-0.25, -0.2) is 8.42 Å². The Hall–Kier alpha value is -1.40. The van der Waals surface area contributed by atoms with Crippen LogP contribution in [-0.4, -0.2) is 14.3 Å². The zero-order valence-corrected chi connectivity index (χ0v) is 15.8. The van der Waals surface area contributed by atoms with Gasteiger partial charge >= 0.3 is 0 Å². The lowest BCUT2D eigenvalue weighted by Crippen LogP contribution is -2.56. The van der Waals surface area contributed by atoms with Crippen LogP contribution < -0.4 is 10.3 Å². The van der Waals surface area contributed by atoms with Crippen LogP contribution in [0.5, 0.6) is 0 Å². The van der Waals surface area contributed by atoms with Gasteiger partial charge in [-0.15, -0.1) is 4.83 Å². The summed E-state index contributed by atoms with van der Waals surface area (Å²) in [5.74, 6) is 1.84. The standard InChI is InChI=1S/C20H26N2O3S/c23-19(20-10-13-6-14(11-20)8-15(7-13)12-20)21-22-26(24,25)18-5-4-16-2-1-3-17(16)9-18/h4-5,9,13-15,22H,1-3,6-8,10-12H2,(H,21,23). The average Bonchev–Trinajstić information content (AvgIpc) is 3.06. The third kappa shape index (κ3) is 2.69. The lowest BCUT2D eigenvalue weighted by molar-refractivity contribution is -0.146. The highest BCUT2D eigenvalue weighted by atomic mass is 32.2. The maximum atomic E-state index is 12.9. The second kappa shape index (κ2) is 5.80. The molecule has 0 aliphatic heterocycles. The number of hydrogen-bond donors (Lipinski definition) is 2. The zero-order chi connectivity index (χ0) is 17.9. The van der Waals surface area contributed by atoms with Gasteiger partial charge < -0.3 is 0 Å². The third-order valence-electron chi connectivity index (χ3n) is 7.20. The monoisotopic (exact) mass is 374 g/mol. The van der Waals surface area contributed by atoms with E-state index in [2.05, 4.69) is 10.3 Å². The highest BCUT2D eigenvalue weighted by molar-refractivity contribution is 7.89. The van der Waals surface area contributed by atoms with Crippen LogP contribution in [-0.2, 0) is 27.7 Å². The molecule has 0 radical (unpaired) electrons. The number of hydrazine groups is 1. The molecule has 5 aliphatic carbocycles. The molecule has 0 heterocycles. The van der Waals surface area contributed by atoms with Gasteiger partial charge in [0.15, 0.2) is 0 Å². The van der Waals surface area contributed by atoms with Crippen LogP contribution in [0.4, 0.5) is 0 Å². The molecule has 1 amide bonds. The van der Waals surface area contributed by atoms with Crippen molar-refractivity contribution in [2.24, 2.45) is 23.2 Å². The number of fused-ring (bicyclic) bond motifs is 1. The molecule has 6 heteroatoms. The summed E-state index contributed by atoms with van der Waals surface area (Å²) >= 11 is 0. The van der Waals surface area contributed by atoms with Crippen molar-refractivity contribution in [1.29, 1.82) is 0 Å². The zero-order valence-electron chi connectivity index (χ0n) is 15.0. The Morgan fingerprint density at radius 3 is 2.23 bits per heavy atom. The fraction of sp³-hybridized carbons (Fsp3) is 0.650. The highest BCUT2D eigenvalue weighted by Gasteiger charge is 2.54. The SMILES string of the molecule is O=C(NNS(=O)(=O)c1ccc2c(c1)CCC2)C12CC3CC(CC(C3)C1)C2. The first-order valence-electron chi connectivity index (χ1n) is 9.88. The summed E-state index contributed by atoms with van der Waals surface area (Å²) in [6, 6.07) is 5.29. The van der Waals surface area contributed by atoms with E-state index >= 15 is 0 Å². The predicted molar refractivity (Wildman–Crippen MR) is 97.5 cm³/mol. The molecule has 0 atom stereocenters. The molecule has 140 valence electrons. The topological polar surface area (TPSA) is 75.3 Å². The summed E-state index contributed by atoms with van der Waals surface area (Å²) in [7, 11) is -3.73. The quantitative estimate of drug-likeness (QED) is 0.796. The molecule has 5 aliphatic rings. The molecule has 4 saturated carbocycles. The number of aryl methyl sites for hydroxylation is 2. The Morgan fingerprint density at radius 1 is 0.962 bits per heavy atom. The summed E-state index contributed by atoms with van der Waals surface area (Å²) in [5, 5.41) is 0. The van der Waals surface area contributed by atoms with E-state index in [1.165, 1.54) is 24.8 Å². The third-order valence-corrected chi connectivity index (χ3v) is 8.44. The van der Waals surface area contributed by atoms with Crippen molar-refractivity contribution in [3.63, 3.8) is 0 Å². The van der Waals surface area contributed by atoms with E-state index in [9.17, 15) is 13.2 Å². The molecule has 26 heavy (non-hydrogen) atoms. The summed E-state index contributed by atoms with van der Waals surface area (Å²) in [4.78, 5) is 15.5. The normalized spacial score (nSPS) is 34.7. The number of rotatable bonds is 4. The van der Waals surface area contributed by atoms with Crippen molar-refractivity contribution in [3.05, 3.63) is 29.3 Å². The van der Waals surface area contributed by atoms with Gasteiger partial charge in [-0.2, -0.15) is 0 Å². The number of carbonyl (C=O) groups is 1. The Balaban J connectivity index is 1.30. The number of sulfonamides is 1. The number of nitrogens with one attached hydrogen (secondary N) is 2. The Morgan fingerprint density at radius 2 is 1.58 bits per heavy atom. The molecule has 1 aromatic carbocycles. The number of amides is 1. The van der Waals surface area contributed by atoms with Crippen molar-refractivity contribution in [1.82, 2.24) is 10.3 Å². The summed E-state index contributed by atoms with van der Waals surface area (Å²) < 4.78 is 25.3. The molecule has 0 spiro atoms. The predicted octanol–water partition coefficient (Wildman–Crippen LogP) is 2.70. The molecule has 0 aromatic heterocycles. The first kappa shape index (κ1) is 16.8. The summed E-state index contributed by atoms with van der Waals surface area (Å²) in [6.07, 6.45) is 9.57. The molecule has 6 rings (SSSR count). The van der Waals surface area contributed by atoms with Gasteiger partial charge in [-0.3, -0.25) is 10.2 Å². The van der Waals surface area contributed by atoms with E-state index in [-0.39, 0.29) is 16.2 Å². The van der Waals surface area contributed by atoms with Crippen LogP contribution in [0.3, 0.4) is 0 Å². The molecule has 2 N–H and O–H groups in total. The van der Waals surface area contributed by atoms with Gasteiger partial charge in [-0.1, -0.05) is 6.07 Å². The first-order valence-corrected chi connectivity index (χ1v) is 11.4. The minimum Gasteiger partial charge on any atom is -0.277 e. The molecule has 1 aromatic rings. The largest absolute Gasteiger partial charge is 0.277 e. The lowest BCUT2D eigenvalue weighted by Gasteiger charge is -2.55. The van der Waals surface area contributed by atoms with Crippen LogP contribution in [0.2, 0.25) is 0 Å². The van der Waals surface area contributed by atoms with E-state index in [0.29, 0.717) is 17.8 Å². The van der Waals surface area contributed by atoms with Gasteiger partial charge in [0.25, 0.3) is 10.0 Å². The second-order valence-corrected chi connectivity index (χ2v) is 10.7. The first-order chi connectivity index (χ1) is 12.4. The fourth-order valence-electron chi connectivity index (χ4n) is 6.41. The minimum atomic E-state index is -3.73. The van der Waals surface area contributed by atoms with E-state index in [4.69, 9.17) is 0 Å². The number of benzene rings is 1. The maximum Gasteiger partial charge on any atom is 0.257 e. The van der Waals surface area contributed by atoms with E-state index in [1.807, 2.05) is 6.07 Å². The van der Waals surface area contributed by atoms with Crippen molar-refractivity contribution < 1.29 is 13.2 Å².